The Kier molecular flexibility index (Phi) is 6.39. The number of esters is 1. The quantitative estimate of drug-likeness (QED) is 0.616. The van der Waals surface area contributed by atoms with Crippen molar-refractivity contribution < 1.29 is 23.8 Å². The summed E-state index contributed by atoms with van der Waals surface area (Å²) in [4.78, 5) is 23.5. The van der Waals surface area contributed by atoms with Gasteiger partial charge in [-0.25, -0.2) is 4.79 Å². The lowest BCUT2D eigenvalue weighted by atomic mass is 10.2. The maximum absolute atomic E-state index is 11.9. The predicted molar refractivity (Wildman–Crippen MR) is 92.5 cm³/mol. The molecule has 24 heavy (non-hydrogen) atoms. The summed E-state index contributed by atoms with van der Waals surface area (Å²) in [5.74, 6) is -0.0117. The number of hydrogen-bond acceptors (Lipinski definition) is 6. The molecule has 1 amide bonds. The van der Waals surface area contributed by atoms with Crippen LogP contribution in [-0.2, 0) is 14.3 Å². The zero-order chi connectivity index (χ0) is 17.4. The highest BCUT2D eigenvalue weighted by molar-refractivity contribution is 7.08. The van der Waals surface area contributed by atoms with Gasteiger partial charge in [0.15, 0.2) is 6.61 Å². The van der Waals surface area contributed by atoms with Crippen LogP contribution in [0.4, 0.5) is 5.69 Å². The zero-order valence-electron chi connectivity index (χ0n) is 13.3. The molecule has 0 atom stereocenters. The Hall–Kier alpha value is -2.80. The van der Waals surface area contributed by atoms with E-state index in [1.165, 1.54) is 31.6 Å². The van der Waals surface area contributed by atoms with E-state index in [0.29, 0.717) is 17.2 Å². The molecule has 126 valence electrons. The minimum absolute atomic E-state index is 0.396. The summed E-state index contributed by atoms with van der Waals surface area (Å²) in [6.07, 6.45) is 2.91. The van der Waals surface area contributed by atoms with Crippen molar-refractivity contribution in [2.45, 2.75) is 0 Å². The molecule has 1 heterocycles. The van der Waals surface area contributed by atoms with Crippen LogP contribution in [0.2, 0.25) is 0 Å². The van der Waals surface area contributed by atoms with Gasteiger partial charge in [0.2, 0.25) is 0 Å². The topological polar surface area (TPSA) is 73.9 Å². The molecule has 0 bridgehead atoms. The number of amides is 1. The van der Waals surface area contributed by atoms with E-state index in [9.17, 15) is 9.59 Å². The number of ether oxygens (including phenoxy) is 3. The molecule has 1 aromatic heterocycles. The lowest BCUT2D eigenvalue weighted by Crippen LogP contribution is -2.20. The van der Waals surface area contributed by atoms with E-state index >= 15 is 0 Å². The average molecular weight is 347 g/mol. The molecule has 0 fully saturated rings. The van der Waals surface area contributed by atoms with Gasteiger partial charge in [-0.2, -0.15) is 11.3 Å². The second-order valence-corrected chi connectivity index (χ2v) is 5.39. The summed E-state index contributed by atoms with van der Waals surface area (Å²) in [6, 6.07) is 6.87. The summed E-state index contributed by atoms with van der Waals surface area (Å²) in [6.45, 7) is -0.396. The van der Waals surface area contributed by atoms with E-state index in [2.05, 4.69) is 5.32 Å². The molecule has 7 heteroatoms. The number of anilines is 1. The van der Waals surface area contributed by atoms with Gasteiger partial charge in [-0.05, 0) is 40.6 Å². The van der Waals surface area contributed by atoms with Gasteiger partial charge in [0.25, 0.3) is 5.91 Å². The third-order valence-corrected chi connectivity index (χ3v) is 3.68. The first-order valence-corrected chi connectivity index (χ1v) is 7.95. The fourth-order valence-electron chi connectivity index (χ4n) is 1.82. The van der Waals surface area contributed by atoms with Gasteiger partial charge in [-0.3, -0.25) is 4.79 Å². The van der Waals surface area contributed by atoms with Crippen LogP contribution < -0.4 is 14.8 Å². The fraction of sp³-hybridized carbons (Fsp3) is 0.176. The van der Waals surface area contributed by atoms with Crippen molar-refractivity contribution in [3.05, 3.63) is 46.7 Å². The van der Waals surface area contributed by atoms with E-state index in [0.717, 1.165) is 5.56 Å². The van der Waals surface area contributed by atoms with Crippen molar-refractivity contribution >= 4 is 35.0 Å². The number of hydrogen-bond donors (Lipinski definition) is 1. The normalized spacial score (nSPS) is 10.4. The molecule has 0 aliphatic rings. The van der Waals surface area contributed by atoms with Crippen molar-refractivity contribution in [2.75, 3.05) is 26.1 Å². The second kappa shape index (κ2) is 8.73. The monoisotopic (exact) mass is 347 g/mol. The Morgan fingerprint density at radius 2 is 2.04 bits per heavy atom. The van der Waals surface area contributed by atoms with Gasteiger partial charge < -0.3 is 19.5 Å². The molecule has 1 aromatic carbocycles. The van der Waals surface area contributed by atoms with Crippen LogP contribution in [0.1, 0.15) is 5.56 Å². The maximum atomic E-state index is 11.9. The molecule has 6 nitrogen and oxygen atoms in total. The molecular formula is C17H17NO5S. The van der Waals surface area contributed by atoms with Crippen molar-refractivity contribution in [3.63, 3.8) is 0 Å². The fourth-order valence-corrected chi connectivity index (χ4v) is 2.45. The summed E-state index contributed by atoms with van der Waals surface area (Å²) in [7, 11) is 3.02. The number of nitrogens with one attached hydrogen (secondary N) is 1. The summed E-state index contributed by atoms with van der Waals surface area (Å²) < 4.78 is 15.2. The van der Waals surface area contributed by atoms with Crippen LogP contribution in [0.15, 0.2) is 41.1 Å². The van der Waals surface area contributed by atoms with Crippen LogP contribution in [0.25, 0.3) is 6.08 Å². The average Bonchev–Trinajstić information content (AvgIpc) is 3.11. The standard InChI is InChI=1S/C17H17NO5S/c1-21-13-4-5-15(22-2)14(9-13)18-16(19)10-23-17(20)6-3-12-7-8-24-11-12/h3-9,11H,10H2,1-2H3,(H,18,19)/b6-3+. The van der Waals surface area contributed by atoms with Crippen molar-refractivity contribution in [1.82, 2.24) is 0 Å². The number of methoxy groups -OCH3 is 2. The third-order valence-electron chi connectivity index (χ3n) is 2.98. The first kappa shape index (κ1) is 17.6. The highest BCUT2D eigenvalue weighted by Crippen LogP contribution is 2.28. The number of thiophene rings is 1. The highest BCUT2D eigenvalue weighted by Gasteiger charge is 2.10. The highest BCUT2D eigenvalue weighted by atomic mass is 32.1. The molecule has 1 N–H and O–H groups in total. The SMILES string of the molecule is COc1ccc(OC)c(NC(=O)COC(=O)/C=C/c2ccsc2)c1. The lowest BCUT2D eigenvalue weighted by Gasteiger charge is -2.11. The van der Waals surface area contributed by atoms with E-state index in [1.54, 1.807) is 24.3 Å². The van der Waals surface area contributed by atoms with E-state index in [4.69, 9.17) is 14.2 Å². The number of benzene rings is 1. The van der Waals surface area contributed by atoms with E-state index in [1.807, 2.05) is 16.8 Å². The Morgan fingerprint density at radius 1 is 1.21 bits per heavy atom. The minimum atomic E-state index is -0.589. The minimum Gasteiger partial charge on any atom is -0.497 e. The Morgan fingerprint density at radius 3 is 2.71 bits per heavy atom. The number of rotatable bonds is 7. The second-order valence-electron chi connectivity index (χ2n) is 4.61. The molecule has 0 saturated carbocycles. The summed E-state index contributed by atoms with van der Waals surface area (Å²) in [5, 5.41) is 6.41. The summed E-state index contributed by atoms with van der Waals surface area (Å²) in [5.41, 5.74) is 1.34. The number of carbonyl (C=O) groups is 2. The third kappa shape index (κ3) is 5.13. The molecule has 0 aliphatic heterocycles. The van der Waals surface area contributed by atoms with Gasteiger partial charge in [-0.15, -0.1) is 0 Å². The van der Waals surface area contributed by atoms with E-state index < -0.39 is 18.5 Å². The number of carbonyl (C=O) groups excluding carboxylic acids is 2. The Balaban J connectivity index is 1.88. The summed E-state index contributed by atoms with van der Waals surface area (Å²) >= 11 is 1.53. The largest absolute Gasteiger partial charge is 0.497 e. The lowest BCUT2D eigenvalue weighted by molar-refractivity contribution is -0.142. The Labute approximate surface area is 143 Å². The van der Waals surface area contributed by atoms with Gasteiger partial charge in [0.05, 0.1) is 19.9 Å². The molecule has 2 rings (SSSR count). The first-order valence-electron chi connectivity index (χ1n) is 7.01. The molecule has 0 unspecified atom stereocenters. The zero-order valence-corrected chi connectivity index (χ0v) is 14.1. The van der Waals surface area contributed by atoms with Crippen LogP contribution in [0, 0.1) is 0 Å². The molecule has 0 saturated heterocycles. The van der Waals surface area contributed by atoms with Gasteiger partial charge in [0.1, 0.15) is 11.5 Å². The van der Waals surface area contributed by atoms with Gasteiger partial charge in [0, 0.05) is 12.1 Å². The molecular weight excluding hydrogens is 330 g/mol. The van der Waals surface area contributed by atoms with Crippen molar-refractivity contribution in [2.24, 2.45) is 0 Å². The molecule has 0 radical (unpaired) electrons. The van der Waals surface area contributed by atoms with Crippen LogP contribution in [0.3, 0.4) is 0 Å². The molecule has 0 spiro atoms. The maximum Gasteiger partial charge on any atom is 0.331 e. The smallest absolute Gasteiger partial charge is 0.331 e. The first-order chi connectivity index (χ1) is 11.6. The van der Waals surface area contributed by atoms with Gasteiger partial charge in [-0.1, -0.05) is 0 Å². The van der Waals surface area contributed by atoms with Gasteiger partial charge >= 0.3 is 5.97 Å². The van der Waals surface area contributed by atoms with E-state index in [-0.39, 0.29) is 0 Å². The Bertz CT molecular complexity index is 725. The van der Waals surface area contributed by atoms with Crippen molar-refractivity contribution in [1.29, 1.82) is 0 Å². The molecule has 2 aromatic rings. The predicted octanol–water partition coefficient (Wildman–Crippen LogP) is 2.96. The van der Waals surface area contributed by atoms with Crippen LogP contribution in [-0.4, -0.2) is 32.7 Å². The van der Waals surface area contributed by atoms with Crippen LogP contribution >= 0.6 is 11.3 Å². The molecule has 0 aliphatic carbocycles. The van der Waals surface area contributed by atoms with Crippen molar-refractivity contribution in [3.8, 4) is 11.5 Å². The van der Waals surface area contributed by atoms with Crippen LogP contribution in [0.5, 0.6) is 11.5 Å².